The number of esters is 1. The minimum absolute atomic E-state index is 0. The molecular formula is C11H21AlO4. The van der Waals surface area contributed by atoms with Crippen LogP contribution in [0.4, 0.5) is 0 Å². The Morgan fingerprint density at radius 3 is 1.62 bits per heavy atom. The molecule has 0 aromatic rings. The van der Waals surface area contributed by atoms with Gasteiger partial charge in [-0.1, -0.05) is 13.8 Å². The van der Waals surface area contributed by atoms with E-state index in [9.17, 15) is 14.4 Å². The molecular weight excluding hydrogens is 223 g/mol. The lowest BCUT2D eigenvalue weighted by Crippen LogP contribution is -2.32. The summed E-state index contributed by atoms with van der Waals surface area (Å²) in [4.78, 5) is 34.4. The molecule has 0 saturated heterocycles. The highest BCUT2D eigenvalue weighted by molar-refractivity contribution is 6.17. The first-order valence-corrected chi connectivity index (χ1v) is 5.21. The topological polar surface area (TPSA) is 60.4 Å². The second-order valence-corrected chi connectivity index (χ2v) is 3.39. The van der Waals surface area contributed by atoms with Crippen LogP contribution in [-0.4, -0.2) is 42.0 Å². The van der Waals surface area contributed by atoms with Crippen LogP contribution in [0.15, 0.2) is 0 Å². The van der Waals surface area contributed by atoms with Crippen molar-refractivity contribution in [1.82, 2.24) is 0 Å². The van der Waals surface area contributed by atoms with Crippen LogP contribution in [0.5, 0.6) is 0 Å². The average Bonchev–Trinajstić information content (AvgIpc) is 2.18. The minimum atomic E-state index is -1.20. The van der Waals surface area contributed by atoms with Crippen molar-refractivity contribution < 1.29 is 19.1 Å². The fraction of sp³-hybridized carbons (Fsp3) is 0.727. The first-order valence-electron chi connectivity index (χ1n) is 5.21. The first-order chi connectivity index (χ1) is 7.08. The van der Waals surface area contributed by atoms with Crippen LogP contribution >= 0.6 is 0 Å². The van der Waals surface area contributed by atoms with Gasteiger partial charge in [0.05, 0.1) is 7.11 Å². The monoisotopic (exact) mass is 244 g/mol. The van der Waals surface area contributed by atoms with Gasteiger partial charge in [-0.15, -0.1) is 0 Å². The van der Waals surface area contributed by atoms with Crippen LogP contribution in [0.2, 0.25) is 0 Å². The number of hydrogen-bond donors (Lipinski definition) is 0. The molecule has 92 valence electrons. The second-order valence-electron chi connectivity index (χ2n) is 3.39. The van der Waals surface area contributed by atoms with Gasteiger partial charge in [0.2, 0.25) is 0 Å². The summed E-state index contributed by atoms with van der Waals surface area (Å²) in [7, 11) is 1.19. The number of ketones is 2. The van der Waals surface area contributed by atoms with Gasteiger partial charge in [-0.05, 0) is 12.8 Å². The van der Waals surface area contributed by atoms with Crippen LogP contribution in [0, 0.1) is 5.92 Å². The van der Waals surface area contributed by atoms with E-state index < -0.39 is 11.9 Å². The Morgan fingerprint density at radius 1 is 1.00 bits per heavy atom. The van der Waals surface area contributed by atoms with E-state index in [0.717, 1.165) is 0 Å². The Morgan fingerprint density at radius 2 is 1.38 bits per heavy atom. The molecule has 0 heterocycles. The van der Waals surface area contributed by atoms with E-state index in [0.29, 0.717) is 12.8 Å². The highest BCUT2D eigenvalue weighted by Gasteiger charge is 2.32. The maximum Gasteiger partial charge on any atom is 0.323 e. The molecule has 0 saturated carbocycles. The van der Waals surface area contributed by atoms with Gasteiger partial charge >= 0.3 is 5.97 Å². The largest absolute Gasteiger partial charge is 0.468 e. The van der Waals surface area contributed by atoms with E-state index >= 15 is 0 Å². The van der Waals surface area contributed by atoms with Gasteiger partial charge in [0.1, 0.15) is 0 Å². The summed E-state index contributed by atoms with van der Waals surface area (Å²) in [6.45, 7) is 3.66. The Balaban J connectivity index is 0. The van der Waals surface area contributed by atoms with E-state index in [1.54, 1.807) is 0 Å². The molecule has 0 amide bonds. The Hall–Kier alpha value is -0.658. The molecule has 0 aromatic heterocycles. The van der Waals surface area contributed by atoms with E-state index in [4.69, 9.17) is 0 Å². The second kappa shape index (κ2) is 9.56. The number of carbonyl (C=O) groups is 3. The van der Waals surface area contributed by atoms with Crippen molar-refractivity contribution in [2.24, 2.45) is 5.92 Å². The molecule has 0 spiro atoms. The molecule has 16 heavy (non-hydrogen) atoms. The Bertz CT molecular complexity index is 232. The van der Waals surface area contributed by atoms with Crippen LogP contribution in [0.1, 0.15) is 39.5 Å². The molecule has 0 atom stereocenters. The Kier molecular flexibility index (Phi) is 10.6. The lowest BCUT2D eigenvalue weighted by molar-refractivity contribution is -0.153. The number of carbonyl (C=O) groups excluding carboxylic acids is 3. The van der Waals surface area contributed by atoms with Gasteiger partial charge in [0.15, 0.2) is 34.8 Å². The van der Waals surface area contributed by atoms with Gasteiger partial charge < -0.3 is 4.74 Å². The summed E-state index contributed by atoms with van der Waals surface area (Å²) in [6, 6.07) is 0. The molecule has 0 aliphatic rings. The van der Waals surface area contributed by atoms with Crippen molar-refractivity contribution in [3.63, 3.8) is 0 Å². The molecule has 0 fully saturated rings. The van der Waals surface area contributed by atoms with E-state index in [2.05, 4.69) is 4.74 Å². The quantitative estimate of drug-likeness (QED) is 0.368. The number of Topliss-reactive ketones (excluding diaryl/α,β-unsaturated/α-hetero) is 2. The summed E-state index contributed by atoms with van der Waals surface area (Å²) in [6.07, 6.45) is 1.75. The molecule has 0 aliphatic carbocycles. The molecule has 0 rings (SSSR count). The van der Waals surface area contributed by atoms with Crippen molar-refractivity contribution in [3.8, 4) is 0 Å². The lowest BCUT2D eigenvalue weighted by atomic mass is 9.93. The number of ether oxygens (including phenoxy) is 1. The third kappa shape index (κ3) is 5.43. The highest BCUT2D eigenvalue weighted by Crippen LogP contribution is 2.11. The van der Waals surface area contributed by atoms with Crippen LogP contribution in [0.3, 0.4) is 0 Å². The zero-order chi connectivity index (χ0) is 11.8. The highest BCUT2D eigenvalue weighted by atomic mass is 27.0. The molecule has 0 unspecified atom stereocenters. The Labute approximate surface area is 107 Å². The van der Waals surface area contributed by atoms with E-state index in [1.807, 2.05) is 13.8 Å². The van der Waals surface area contributed by atoms with Crippen molar-refractivity contribution >= 4 is 34.9 Å². The maximum atomic E-state index is 11.5. The third-order valence-corrected chi connectivity index (χ3v) is 2.07. The van der Waals surface area contributed by atoms with Gasteiger partial charge in [-0.25, -0.2) is 0 Å². The zero-order valence-corrected chi connectivity index (χ0v) is 9.54. The predicted octanol–water partition coefficient (Wildman–Crippen LogP) is 0.330. The fourth-order valence-electron chi connectivity index (χ4n) is 1.34. The molecule has 0 bridgehead atoms. The van der Waals surface area contributed by atoms with Gasteiger partial charge in [0.25, 0.3) is 0 Å². The standard InChI is InChI=1S/C11H18O4.Al.3H/c1-4-6-8(12)10(11(14)15-3)9(13)7-5-2;;;;/h10H,4-7H2,1-3H3;;;;. The first kappa shape index (κ1) is 17.7. The molecule has 0 radical (unpaired) electrons. The lowest BCUT2D eigenvalue weighted by Gasteiger charge is -2.11. The average molecular weight is 244 g/mol. The van der Waals surface area contributed by atoms with Crippen molar-refractivity contribution in [2.45, 2.75) is 39.5 Å². The van der Waals surface area contributed by atoms with Crippen LogP contribution in [-0.2, 0) is 19.1 Å². The molecule has 5 heteroatoms. The predicted molar refractivity (Wildman–Crippen MR) is 65.3 cm³/mol. The normalized spacial score (nSPS) is 9.50. The van der Waals surface area contributed by atoms with Crippen LogP contribution in [0.25, 0.3) is 0 Å². The third-order valence-electron chi connectivity index (χ3n) is 2.07. The number of hydrogen-bond acceptors (Lipinski definition) is 4. The summed E-state index contributed by atoms with van der Waals surface area (Å²) < 4.78 is 4.47. The summed E-state index contributed by atoms with van der Waals surface area (Å²) >= 11 is 0. The number of methoxy groups -OCH3 is 1. The molecule has 4 nitrogen and oxygen atoms in total. The summed E-state index contributed by atoms with van der Waals surface area (Å²) in [5, 5.41) is 0. The van der Waals surface area contributed by atoms with Gasteiger partial charge in [-0.3, -0.25) is 14.4 Å². The fourth-order valence-corrected chi connectivity index (χ4v) is 1.34. The van der Waals surface area contributed by atoms with E-state index in [1.165, 1.54) is 7.11 Å². The van der Waals surface area contributed by atoms with Crippen molar-refractivity contribution in [3.05, 3.63) is 0 Å². The SMILES string of the molecule is CCCC(=O)C(C(=O)CCC)C(=O)OC.[AlH3]. The van der Waals surface area contributed by atoms with Gasteiger partial charge in [0, 0.05) is 12.8 Å². The summed E-state index contributed by atoms with van der Waals surface area (Å²) in [5.41, 5.74) is 0. The smallest absolute Gasteiger partial charge is 0.323 e. The maximum absolute atomic E-state index is 11.5. The van der Waals surface area contributed by atoms with E-state index in [-0.39, 0.29) is 41.8 Å². The van der Waals surface area contributed by atoms with Crippen LogP contribution < -0.4 is 0 Å². The molecule has 0 N–H and O–H groups in total. The molecule has 0 aliphatic heterocycles. The number of rotatable bonds is 7. The molecule has 0 aromatic carbocycles. The van der Waals surface area contributed by atoms with Gasteiger partial charge in [-0.2, -0.15) is 0 Å². The minimum Gasteiger partial charge on any atom is -0.468 e. The summed E-state index contributed by atoms with van der Waals surface area (Å²) in [5.74, 6) is -2.59. The zero-order valence-electron chi connectivity index (χ0n) is 9.54. The van der Waals surface area contributed by atoms with Crippen molar-refractivity contribution in [1.29, 1.82) is 0 Å². The van der Waals surface area contributed by atoms with Crippen molar-refractivity contribution in [2.75, 3.05) is 7.11 Å².